The Hall–Kier alpha value is -3.02. The summed E-state index contributed by atoms with van der Waals surface area (Å²) in [6, 6.07) is 11.7. The first-order chi connectivity index (χ1) is 11.1. The minimum atomic E-state index is -0.216. The van der Waals surface area contributed by atoms with E-state index in [-0.39, 0.29) is 11.8 Å². The summed E-state index contributed by atoms with van der Waals surface area (Å²) in [4.78, 5) is 0. The van der Waals surface area contributed by atoms with Gasteiger partial charge in [0.05, 0.1) is 36.6 Å². The smallest absolute Gasteiger partial charge is 0.118 e. The second-order valence-corrected chi connectivity index (χ2v) is 5.34. The van der Waals surface area contributed by atoms with Crippen LogP contribution in [0.3, 0.4) is 0 Å². The van der Waals surface area contributed by atoms with E-state index < -0.39 is 0 Å². The van der Waals surface area contributed by atoms with Crippen LogP contribution >= 0.6 is 0 Å². The SMILES string of the molecule is COc1ccc(-c2c(C#N)c(N)c(C#N)c3c2COC3C)cc1. The number of hydrogen-bond donors (Lipinski definition) is 1. The summed E-state index contributed by atoms with van der Waals surface area (Å²) in [5, 5.41) is 19.0. The molecule has 0 radical (unpaired) electrons. The van der Waals surface area contributed by atoms with Crippen LogP contribution in [0.25, 0.3) is 11.1 Å². The summed E-state index contributed by atoms with van der Waals surface area (Å²) in [6.45, 7) is 2.25. The monoisotopic (exact) mass is 305 g/mol. The first-order valence-corrected chi connectivity index (χ1v) is 7.16. The number of ether oxygens (including phenoxy) is 2. The Balaban J connectivity index is 2.35. The molecule has 2 N–H and O–H groups in total. The maximum Gasteiger partial charge on any atom is 0.118 e. The standard InChI is InChI=1S/C18H15N3O2/c1-10-16-13(7-19)18(21)14(8-20)17(15(16)9-23-10)11-3-5-12(22-2)6-4-11/h3-6,10H,9,21H2,1-2H3. The van der Waals surface area contributed by atoms with Gasteiger partial charge in [0.15, 0.2) is 0 Å². The number of benzene rings is 2. The maximum absolute atomic E-state index is 9.57. The summed E-state index contributed by atoms with van der Waals surface area (Å²) in [5.74, 6) is 0.732. The predicted octanol–water partition coefficient (Wildman–Crippen LogP) is 3.28. The van der Waals surface area contributed by atoms with Crippen molar-refractivity contribution in [1.29, 1.82) is 10.5 Å². The normalized spacial score (nSPS) is 15.6. The molecule has 2 aromatic carbocycles. The van der Waals surface area contributed by atoms with Crippen LogP contribution in [-0.2, 0) is 11.3 Å². The fourth-order valence-electron chi connectivity index (χ4n) is 3.04. The Morgan fingerprint density at radius 3 is 2.39 bits per heavy atom. The Morgan fingerprint density at radius 1 is 1.17 bits per heavy atom. The van der Waals surface area contributed by atoms with Crippen LogP contribution < -0.4 is 10.5 Å². The van der Waals surface area contributed by atoms with Gasteiger partial charge in [-0.2, -0.15) is 10.5 Å². The van der Waals surface area contributed by atoms with Crippen LogP contribution in [0.2, 0.25) is 0 Å². The van der Waals surface area contributed by atoms with Crippen LogP contribution in [0.1, 0.15) is 35.3 Å². The number of fused-ring (bicyclic) bond motifs is 1. The molecule has 23 heavy (non-hydrogen) atoms. The summed E-state index contributed by atoms with van der Waals surface area (Å²) in [7, 11) is 1.60. The lowest BCUT2D eigenvalue weighted by Gasteiger charge is -2.16. The highest BCUT2D eigenvalue weighted by atomic mass is 16.5. The third-order valence-electron chi connectivity index (χ3n) is 4.17. The summed E-state index contributed by atoms with van der Waals surface area (Å²) in [5.41, 5.74) is 10.2. The van der Waals surface area contributed by atoms with Crippen molar-refractivity contribution < 1.29 is 9.47 Å². The van der Waals surface area contributed by atoms with Gasteiger partial charge in [0.2, 0.25) is 0 Å². The van der Waals surface area contributed by atoms with Crippen molar-refractivity contribution in [1.82, 2.24) is 0 Å². The van der Waals surface area contributed by atoms with E-state index in [4.69, 9.17) is 15.2 Å². The van der Waals surface area contributed by atoms with E-state index in [9.17, 15) is 10.5 Å². The molecule has 0 saturated heterocycles. The second-order valence-electron chi connectivity index (χ2n) is 5.34. The average molecular weight is 305 g/mol. The van der Waals surface area contributed by atoms with Gasteiger partial charge in [0.25, 0.3) is 0 Å². The van der Waals surface area contributed by atoms with Gasteiger partial charge < -0.3 is 15.2 Å². The molecule has 5 heteroatoms. The van der Waals surface area contributed by atoms with Crippen molar-refractivity contribution >= 4 is 5.69 Å². The van der Waals surface area contributed by atoms with Gasteiger partial charge in [0, 0.05) is 11.1 Å². The van der Waals surface area contributed by atoms with Gasteiger partial charge in [-0.15, -0.1) is 0 Å². The van der Waals surface area contributed by atoms with Crippen molar-refractivity contribution in [2.75, 3.05) is 12.8 Å². The van der Waals surface area contributed by atoms with Gasteiger partial charge in [0.1, 0.15) is 17.9 Å². The minimum absolute atomic E-state index is 0.216. The van der Waals surface area contributed by atoms with Gasteiger partial charge in [-0.25, -0.2) is 0 Å². The van der Waals surface area contributed by atoms with Gasteiger partial charge in [-0.3, -0.25) is 0 Å². The highest BCUT2D eigenvalue weighted by molar-refractivity contribution is 5.85. The first kappa shape index (κ1) is 14.9. The van der Waals surface area contributed by atoms with Gasteiger partial charge >= 0.3 is 0 Å². The molecule has 0 bridgehead atoms. The van der Waals surface area contributed by atoms with E-state index in [1.165, 1.54) is 0 Å². The van der Waals surface area contributed by atoms with Crippen molar-refractivity contribution in [3.63, 3.8) is 0 Å². The molecule has 1 aliphatic rings. The number of nitrogen functional groups attached to an aromatic ring is 1. The number of nitriles is 2. The molecule has 2 aromatic rings. The Morgan fingerprint density at radius 2 is 1.83 bits per heavy atom. The van der Waals surface area contributed by atoms with Crippen molar-refractivity contribution in [2.45, 2.75) is 19.6 Å². The first-order valence-electron chi connectivity index (χ1n) is 7.16. The molecule has 0 aliphatic carbocycles. The molecule has 0 fully saturated rings. The highest BCUT2D eigenvalue weighted by Crippen LogP contribution is 2.44. The molecule has 5 nitrogen and oxygen atoms in total. The lowest BCUT2D eigenvalue weighted by atomic mass is 9.86. The molecule has 1 heterocycles. The zero-order valence-electron chi connectivity index (χ0n) is 12.9. The van der Waals surface area contributed by atoms with Crippen LogP contribution in [0.5, 0.6) is 5.75 Å². The summed E-state index contributed by atoms with van der Waals surface area (Å²) in [6.07, 6.45) is -0.216. The highest BCUT2D eigenvalue weighted by Gasteiger charge is 2.31. The van der Waals surface area contributed by atoms with Crippen LogP contribution in [0.15, 0.2) is 24.3 Å². The number of nitrogens with two attached hydrogens (primary N) is 1. The quantitative estimate of drug-likeness (QED) is 0.859. The van der Waals surface area contributed by atoms with Crippen LogP contribution in [-0.4, -0.2) is 7.11 Å². The molecule has 0 amide bonds. The summed E-state index contributed by atoms with van der Waals surface area (Å²) < 4.78 is 10.9. The largest absolute Gasteiger partial charge is 0.497 e. The van der Waals surface area contributed by atoms with E-state index in [1.807, 2.05) is 31.2 Å². The fraction of sp³-hybridized carbons (Fsp3) is 0.222. The Labute approximate surface area is 134 Å². The van der Waals surface area contributed by atoms with Crippen LogP contribution in [0, 0.1) is 22.7 Å². The zero-order valence-corrected chi connectivity index (χ0v) is 12.9. The van der Waals surface area contributed by atoms with E-state index in [1.54, 1.807) is 7.11 Å². The number of nitrogens with zero attached hydrogens (tertiary/aromatic N) is 2. The molecule has 1 atom stereocenters. The van der Waals surface area contributed by atoms with Crippen molar-refractivity contribution in [3.8, 4) is 29.0 Å². The van der Waals surface area contributed by atoms with E-state index >= 15 is 0 Å². The summed E-state index contributed by atoms with van der Waals surface area (Å²) >= 11 is 0. The van der Waals surface area contributed by atoms with E-state index in [0.717, 1.165) is 28.0 Å². The number of rotatable bonds is 2. The topological polar surface area (TPSA) is 92.1 Å². The van der Waals surface area contributed by atoms with Gasteiger partial charge in [-0.05, 0) is 30.2 Å². The van der Waals surface area contributed by atoms with Crippen molar-refractivity contribution in [3.05, 3.63) is 46.5 Å². The third kappa shape index (κ3) is 2.19. The average Bonchev–Trinajstić information content (AvgIpc) is 2.95. The Bertz CT molecular complexity index is 858. The molecular weight excluding hydrogens is 290 g/mol. The fourth-order valence-corrected chi connectivity index (χ4v) is 3.04. The zero-order chi connectivity index (χ0) is 16.6. The lowest BCUT2D eigenvalue weighted by Crippen LogP contribution is -2.05. The number of methoxy groups -OCH3 is 1. The predicted molar refractivity (Wildman–Crippen MR) is 85.5 cm³/mol. The minimum Gasteiger partial charge on any atom is -0.497 e. The molecule has 0 aromatic heterocycles. The molecule has 114 valence electrons. The van der Waals surface area contributed by atoms with Crippen LogP contribution in [0.4, 0.5) is 5.69 Å². The second kappa shape index (κ2) is 5.64. The molecule has 3 rings (SSSR count). The maximum atomic E-state index is 9.57. The third-order valence-corrected chi connectivity index (χ3v) is 4.17. The molecule has 1 aliphatic heterocycles. The van der Waals surface area contributed by atoms with Crippen molar-refractivity contribution in [2.24, 2.45) is 0 Å². The molecular formula is C18H15N3O2. The van der Waals surface area contributed by atoms with E-state index in [0.29, 0.717) is 17.7 Å². The molecule has 1 unspecified atom stereocenters. The molecule has 0 spiro atoms. The number of hydrogen-bond acceptors (Lipinski definition) is 5. The van der Waals surface area contributed by atoms with Gasteiger partial charge in [-0.1, -0.05) is 12.1 Å². The lowest BCUT2D eigenvalue weighted by molar-refractivity contribution is 0.0796. The van der Waals surface area contributed by atoms with E-state index in [2.05, 4.69) is 12.1 Å². The Kier molecular flexibility index (Phi) is 3.65. The molecule has 0 saturated carbocycles. The number of anilines is 1.